The van der Waals surface area contributed by atoms with Crippen LogP contribution in [0.5, 0.6) is 0 Å². The topological polar surface area (TPSA) is 174 Å². The van der Waals surface area contributed by atoms with Gasteiger partial charge in [0, 0.05) is 17.4 Å². The Balaban J connectivity index is 1.48. The van der Waals surface area contributed by atoms with Gasteiger partial charge in [0.2, 0.25) is 21.8 Å². The lowest BCUT2D eigenvalue weighted by molar-refractivity contribution is -0.113. The van der Waals surface area contributed by atoms with E-state index in [1.165, 1.54) is 42.1 Å². The summed E-state index contributed by atoms with van der Waals surface area (Å²) in [5, 5.41) is 16.1. The molecule has 1 aromatic carbocycles. The molecule has 11 nitrogen and oxygen atoms in total. The van der Waals surface area contributed by atoms with Crippen LogP contribution in [0, 0.1) is 6.92 Å². The third-order valence-corrected chi connectivity index (χ3v) is 6.03. The molecule has 3 aromatic rings. The lowest BCUT2D eigenvalue weighted by Gasteiger charge is -2.05. The van der Waals surface area contributed by atoms with Gasteiger partial charge in [0.15, 0.2) is 5.16 Å². The first-order chi connectivity index (χ1) is 14.2. The molecule has 0 radical (unpaired) electrons. The van der Waals surface area contributed by atoms with Crippen LogP contribution < -0.4 is 16.0 Å². The van der Waals surface area contributed by atoms with Crippen LogP contribution in [-0.2, 0) is 20.6 Å². The number of carbonyl (C=O) groups is 1. The summed E-state index contributed by atoms with van der Waals surface area (Å²) in [6.45, 7) is 1.72. The summed E-state index contributed by atoms with van der Waals surface area (Å²) < 4.78 is 27.9. The number of thioether (sulfide) groups is 2. The van der Waals surface area contributed by atoms with E-state index in [2.05, 4.69) is 25.5 Å². The number of nitrogens with one attached hydrogen (secondary N) is 2. The number of aromatic amines is 1. The molecule has 0 atom stereocenters. The summed E-state index contributed by atoms with van der Waals surface area (Å²) in [6, 6.07) is 6.87. The van der Waals surface area contributed by atoms with Crippen LogP contribution in [0.4, 0.5) is 5.69 Å². The Morgan fingerprint density at radius 3 is 2.63 bits per heavy atom. The van der Waals surface area contributed by atoms with Crippen LogP contribution in [0.2, 0.25) is 0 Å². The fourth-order valence-electron chi connectivity index (χ4n) is 2.16. The second-order valence-corrected chi connectivity index (χ2v) is 9.30. The maximum absolute atomic E-state index is 12.0. The zero-order chi connectivity index (χ0) is 21.7. The van der Waals surface area contributed by atoms with Crippen molar-refractivity contribution in [2.24, 2.45) is 5.14 Å². The fraction of sp³-hybridized carbons (Fsp3) is 0.188. The summed E-state index contributed by atoms with van der Waals surface area (Å²) in [4.78, 5) is 30.2. The van der Waals surface area contributed by atoms with Crippen molar-refractivity contribution in [1.82, 2.24) is 20.2 Å². The number of carbonyl (C=O) groups excluding carboxylic acids is 1. The first-order valence-electron chi connectivity index (χ1n) is 8.28. The normalized spacial score (nSPS) is 11.4. The number of nitrogens with two attached hydrogens (primary N) is 1. The summed E-state index contributed by atoms with van der Waals surface area (Å²) in [5.74, 6) is 0.311. The predicted molar refractivity (Wildman–Crippen MR) is 111 cm³/mol. The van der Waals surface area contributed by atoms with Gasteiger partial charge in [0.05, 0.1) is 16.4 Å². The molecule has 0 saturated heterocycles. The van der Waals surface area contributed by atoms with Crippen molar-refractivity contribution in [2.45, 2.75) is 28.0 Å². The van der Waals surface area contributed by atoms with Crippen molar-refractivity contribution in [3.8, 4) is 0 Å². The first kappa shape index (κ1) is 22.0. The average Bonchev–Trinajstić information content (AvgIpc) is 3.12. The molecular weight excluding hydrogens is 452 g/mol. The van der Waals surface area contributed by atoms with Gasteiger partial charge >= 0.3 is 0 Å². The Hall–Kier alpha value is -2.68. The van der Waals surface area contributed by atoms with Gasteiger partial charge in [-0.3, -0.25) is 9.59 Å². The van der Waals surface area contributed by atoms with E-state index in [-0.39, 0.29) is 27.3 Å². The number of hydrogen-bond donors (Lipinski definition) is 3. The van der Waals surface area contributed by atoms with Gasteiger partial charge in [-0.15, -0.1) is 10.2 Å². The van der Waals surface area contributed by atoms with Crippen molar-refractivity contribution in [1.29, 1.82) is 0 Å². The number of primary sulfonamides is 1. The summed E-state index contributed by atoms with van der Waals surface area (Å²) in [5.41, 5.74) is 0.792. The Kier molecular flexibility index (Phi) is 6.91. The summed E-state index contributed by atoms with van der Waals surface area (Å²) >= 11 is 2.29. The highest BCUT2D eigenvalue weighted by molar-refractivity contribution is 7.99. The number of aromatic nitrogens is 4. The van der Waals surface area contributed by atoms with Gasteiger partial charge in [-0.05, 0) is 31.2 Å². The van der Waals surface area contributed by atoms with E-state index in [1.807, 2.05) is 0 Å². The molecular formula is C16H16N6O5S3. The lowest BCUT2D eigenvalue weighted by Crippen LogP contribution is -2.15. The minimum Gasteiger partial charge on any atom is -0.415 e. The van der Waals surface area contributed by atoms with Crippen molar-refractivity contribution in [3.63, 3.8) is 0 Å². The molecule has 4 N–H and O–H groups in total. The number of sulfonamides is 1. The molecule has 2 aromatic heterocycles. The largest absolute Gasteiger partial charge is 0.415 e. The quantitative estimate of drug-likeness (QED) is 0.321. The van der Waals surface area contributed by atoms with Gasteiger partial charge < -0.3 is 14.7 Å². The van der Waals surface area contributed by atoms with Crippen LogP contribution in [0.3, 0.4) is 0 Å². The number of rotatable bonds is 8. The summed E-state index contributed by atoms with van der Waals surface area (Å²) in [7, 11) is -3.79. The molecule has 2 heterocycles. The van der Waals surface area contributed by atoms with E-state index < -0.39 is 10.0 Å². The highest BCUT2D eigenvalue weighted by Gasteiger charge is 2.12. The van der Waals surface area contributed by atoms with Crippen molar-refractivity contribution < 1.29 is 17.6 Å². The number of benzene rings is 1. The van der Waals surface area contributed by atoms with Crippen LogP contribution >= 0.6 is 23.5 Å². The maximum Gasteiger partial charge on any atom is 0.277 e. The number of nitrogens with zero attached hydrogens (tertiary/aromatic N) is 3. The van der Waals surface area contributed by atoms with Crippen LogP contribution in [0.15, 0.2) is 54.8 Å². The number of hydrogen-bond acceptors (Lipinski definition) is 10. The molecule has 1 amide bonds. The molecule has 0 unspecified atom stereocenters. The molecule has 14 heteroatoms. The molecule has 0 aliphatic rings. The second kappa shape index (κ2) is 9.42. The van der Waals surface area contributed by atoms with Crippen LogP contribution in [0.25, 0.3) is 0 Å². The summed E-state index contributed by atoms with van der Waals surface area (Å²) in [6.07, 6.45) is 0. The van der Waals surface area contributed by atoms with E-state index in [1.54, 1.807) is 6.92 Å². The van der Waals surface area contributed by atoms with E-state index >= 15 is 0 Å². The molecule has 3 rings (SSSR count). The van der Waals surface area contributed by atoms with E-state index in [0.717, 1.165) is 11.8 Å². The Morgan fingerprint density at radius 1 is 1.23 bits per heavy atom. The van der Waals surface area contributed by atoms with Gasteiger partial charge in [0.25, 0.3) is 10.8 Å². The third kappa shape index (κ3) is 6.41. The number of anilines is 1. The second-order valence-electron chi connectivity index (χ2n) is 5.85. The highest BCUT2D eigenvalue weighted by Crippen LogP contribution is 2.22. The number of aryl methyl sites for hydroxylation is 1. The minimum atomic E-state index is -3.79. The van der Waals surface area contributed by atoms with Crippen molar-refractivity contribution >= 4 is 45.1 Å². The van der Waals surface area contributed by atoms with Gasteiger partial charge in [-0.1, -0.05) is 23.5 Å². The lowest BCUT2D eigenvalue weighted by atomic mass is 10.3. The number of amides is 1. The van der Waals surface area contributed by atoms with E-state index in [4.69, 9.17) is 9.56 Å². The standard InChI is InChI=1S/C16H16N6O5S3/c1-9-6-12(23)20-15(18-9)28-8-14-21-22-16(27-14)29-7-13(24)19-10-2-4-11(5-3-10)30(17,25)26/h2-6H,7-8H2,1H3,(H,19,24)(H2,17,25,26)(H,18,20,23). The maximum atomic E-state index is 12.0. The average molecular weight is 469 g/mol. The Bertz CT molecular complexity index is 1210. The van der Waals surface area contributed by atoms with Crippen LogP contribution in [-0.4, -0.2) is 40.2 Å². The van der Waals surface area contributed by atoms with Crippen molar-refractivity contribution in [2.75, 3.05) is 11.1 Å². The van der Waals surface area contributed by atoms with Gasteiger partial charge in [-0.2, -0.15) is 0 Å². The molecule has 0 aliphatic heterocycles. The van der Waals surface area contributed by atoms with Gasteiger partial charge in [0.1, 0.15) is 0 Å². The molecule has 0 bridgehead atoms. The zero-order valence-electron chi connectivity index (χ0n) is 15.5. The highest BCUT2D eigenvalue weighted by atomic mass is 32.2. The molecule has 0 fully saturated rings. The van der Waals surface area contributed by atoms with Crippen LogP contribution in [0.1, 0.15) is 11.6 Å². The fourth-order valence-corrected chi connectivity index (χ4v) is 4.01. The molecule has 30 heavy (non-hydrogen) atoms. The van der Waals surface area contributed by atoms with Crippen molar-refractivity contribution in [3.05, 3.63) is 52.3 Å². The molecule has 0 aliphatic carbocycles. The smallest absolute Gasteiger partial charge is 0.277 e. The minimum absolute atomic E-state index is 0.0124. The Morgan fingerprint density at radius 2 is 1.97 bits per heavy atom. The molecule has 158 valence electrons. The zero-order valence-corrected chi connectivity index (χ0v) is 17.9. The van der Waals surface area contributed by atoms with E-state index in [0.29, 0.717) is 28.2 Å². The molecule has 0 spiro atoms. The molecule has 0 saturated carbocycles. The Labute approximate surface area is 179 Å². The van der Waals surface area contributed by atoms with Gasteiger partial charge in [-0.25, -0.2) is 18.5 Å². The SMILES string of the molecule is Cc1cc(=O)[nH]c(SCc2nnc(SCC(=O)Nc3ccc(S(N)(=O)=O)cc3)o2)n1. The number of H-pyrrole nitrogens is 1. The van der Waals surface area contributed by atoms with E-state index in [9.17, 15) is 18.0 Å². The third-order valence-electron chi connectivity index (χ3n) is 3.42. The predicted octanol–water partition coefficient (Wildman–Crippen LogP) is 1.13. The first-order valence-corrected chi connectivity index (χ1v) is 11.8. The monoisotopic (exact) mass is 468 g/mol.